The summed E-state index contributed by atoms with van der Waals surface area (Å²) in [5.41, 5.74) is 0. The first-order chi connectivity index (χ1) is 10.5. The molecule has 0 unspecified atom stereocenters. The number of benzene rings is 2. The number of methoxy groups -OCH3 is 4. The molecule has 6 nitrogen and oxygen atoms in total. The van der Waals surface area contributed by atoms with Crippen molar-refractivity contribution < 1.29 is 29.2 Å². The van der Waals surface area contributed by atoms with E-state index in [1.807, 2.05) is 0 Å². The van der Waals surface area contributed by atoms with Gasteiger partial charge in [-0.1, -0.05) is 0 Å². The van der Waals surface area contributed by atoms with Crippen molar-refractivity contribution >= 4 is 0 Å². The SMILES string of the molecule is COc1ccc(O)c(OC)c1.COc1ccc(O)c(OC)c1. The monoisotopic (exact) mass is 308 g/mol. The zero-order valence-corrected chi connectivity index (χ0v) is 13.0. The molecule has 0 fully saturated rings. The molecule has 0 aliphatic carbocycles. The van der Waals surface area contributed by atoms with Crippen molar-refractivity contribution in [2.24, 2.45) is 0 Å². The van der Waals surface area contributed by atoms with Crippen LogP contribution in [0, 0.1) is 0 Å². The lowest BCUT2D eigenvalue weighted by atomic mass is 10.3. The molecule has 0 bridgehead atoms. The molecule has 6 heteroatoms. The molecule has 0 saturated carbocycles. The highest BCUT2D eigenvalue weighted by Gasteiger charge is 2.01. The topological polar surface area (TPSA) is 77.4 Å². The summed E-state index contributed by atoms with van der Waals surface area (Å²) in [7, 11) is 6.11. The third kappa shape index (κ3) is 4.66. The van der Waals surface area contributed by atoms with E-state index < -0.39 is 0 Å². The van der Waals surface area contributed by atoms with E-state index in [1.165, 1.54) is 26.4 Å². The molecule has 2 N–H and O–H groups in total. The largest absolute Gasteiger partial charge is 0.504 e. The lowest BCUT2D eigenvalue weighted by molar-refractivity contribution is 0.364. The molecule has 0 atom stereocenters. The Kier molecular flexibility index (Phi) is 6.69. The second-order valence-electron chi connectivity index (χ2n) is 4.08. The van der Waals surface area contributed by atoms with Gasteiger partial charge in [-0.15, -0.1) is 0 Å². The van der Waals surface area contributed by atoms with Gasteiger partial charge in [0.15, 0.2) is 23.0 Å². The number of phenols is 2. The molecule has 0 heterocycles. The first-order valence-electron chi connectivity index (χ1n) is 6.37. The number of hydrogen-bond donors (Lipinski definition) is 2. The lowest BCUT2D eigenvalue weighted by Gasteiger charge is -2.04. The molecule has 0 amide bonds. The second-order valence-corrected chi connectivity index (χ2v) is 4.08. The quantitative estimate of drug-likeness (QED) is 0.904. The Labute approximate surface area is 129 Å². The van der Waals surface area contributed by atoms with Crippen LogP contribution in [0.5, 0.6) is 34.5 Å². The number of ether oxygens (including phenoxy) is 4. The van der Waals surface area contributed by atoms with E-state index in [4.69, 9.17) is 29.2 Å². The van der Waals surface area contributed by atoms with Crippen LogP contribution in [0.4, 0.5) is 0 Å². The van der Waals surface area contributed by atoms with E-state index in [2.05, 4.69) is 0 Å². The first kappa shape index (κ1) is 17.3. The first-order valence-corrected chi connectivity index (χ1v) is 6.37. The number of aromatic hydroxyl groups is 2. The summed E-state index contributed by atoms with van der Waals surface area (Å²) in [6.07, 6.45) is 0. The zero-order valence-electron chi connectivity index (χ0n) is 13.0. The molecule has 22 heavy (non-hydrogen) atoms. The third-order valence-electron chi connectivity index (χ3n) is 2.77. The van der Waals surface area contributed by atoms with Crippen molar-refractivity contribution in [3.8, 4) is 34.5 Å². The van der Waals surface area contributed by atoms with Gasteiger partial charge in [0.05, 0.1) is 28.4 Å². The predicted octanol–water partition coefficient (Wildman–Crippen LogP) is 2.82. The van der Waals surface area contributed by atoms with Gasteiger partial charge in [0.2, 0.25) is 0 Å². The maximum absolute atomic E-state index is 9.15. The summed E-state index contributed by atoms with van der Waals surface area (Å²) >= 11 is 0. The Balaban J connectivity index is 0.000000220. The summed E-state index contributed by atoms with van der Waals surface area (Å²) in [5, 5.41) is 18.3. The average Bonchev–Trinajstić information content (AvgIpc) is 2.56. The smallest absolute Gasteiger partial charge is 0.164 e. The molecule has 0 aromatic heterocycles. The van der Waals surface area contributed by atoms with Gasteiger partial charge in [0.1, 0.15) is 11.5 Å². The summed E-state index contributed by atoms with van der Waals surface area (Å²) < 4.78 is 19.6. The van der Waals surface area contributed by atoms with Crippen LogP contribution in [0.2, 0.25) is 0 Å². The second kappa shape index (κ2) is 8.51. The van der Waals surface area contributed by atoms with Crippen LogP contribution in [0.25, 0.3) is 0 Å². The molecule has 2 rings (SSSR count). The molecule has 2 aromatic carbocycles. The Morgan fingerprint density at radius 3 is 1.23 bits per heavy atom. The van der Waals surface area contributed by atoms with Crippen molar-refractivity contribution in [3.63, 3.8) is 0 Å². The van der Waals surface area contributed by atoms with Gasteiger partial charge in [-0.2, -0.15) is 0 Å². The molecular weight excluding hydrogens is 288 g/mol. The molecule has 0 aliphatic heterocycles. The predicted molar refractivity (Wildman–Crippen MR) is 82.4 cm³/mol. The average molecular weight is 308 g/mol. The van der Waals surface area contributed by atoms with E-state index in [9.17, 15) is 0 Å². The Morgan fingerprint density at radius 1 is 0.591 bits per heavy atom. The fourth-order valence-corrected chi connectivity index (χ4v) is 1.57. The Bertz CT molecular complexity index is 544. The van der Waals surface area contributed by atoms with Gasteiger partial charge in [-0.25, -0.2) is 0 Å². The number of rotatable bonds is 4. The molecule has 2 aromatic rings. The van der Waals surface area contributed by atoms with E-state index in [0.29, 0.717) is 23.0 Å². The van der Waals surface area contributed by atoms with Crippen molar-refractivity contribution in [2.75, 3.05) is 28.4 Å². The highest BCUT2D eigenvalue weighted by atomic mass is 16.5. The van der Waals surface area contributed by atoms with Crippen LogP contribution < -0.4 is 18.9 Å². The maximum atomic E-state index is 9.15. The van der Waals surface area contributed by atoms with Crippen LogP contribution >= 0.6 is 0 Å². The fourth-order valence-electron chi connectivity index (χ4n) is 1.57. The van der Waals surface area contributed by atoms with Crippen molar-refractivity contribution in [3.05, 3.63) is 36.4 Å². The third-order valence-corrected chi connectivity index (χ3v) is 2.77. The standard InChI is InChI=1S/2C8H10O3/c2*1-10-6-3-4-7(9)8(5-6)11-2/h2*3-5,9H,1-2H3. The van der Waals surface area contributed by atoms with Crippen LogP contribution in [0.3, 0.4) is 0 Å². The van der Waals surface area contributed by atoms with Crippen LogP contribution in [0.1, 0.15) is 0 Å². The summed E-state index contributed by atoms with van der Waals surface area (Å²) in [4.78, 5) is 0. The van der Waals surface area contributed by atoms with Gasteiger partial charge < -0.3 is 29.2 Å². The van der Waals surface area contributed by atoms with E-state index in [0.717, 1.165) is 0 Å². The van der Waals surface area contributed by atoms with E-state index >= 15 is 0 Å². The molecule has 0 aliphatic rings. The van der Waals surface area contributed by atoms with Crippen molar-refractivity contribution in [1.29, 1.82) is 0 Å². The summed E-state index contributed by atoms with van der Waals surface area (Å²) in [6.45, 7) is 0. The number of phenolic OH excluding ortho intramolecular Hbond substituents is 2. The normalized spacial score (nSPS) is 9.27. The van der Waals surface area contributed by atoms with Gasteiger partial charge in [-0.05, 0) is 24.3 Å². The minimum absolute atomic E-state index is 0.119. The molecule has 0 radical (unpaired) electrons. The van der Waals surface area contributed by atoms with Crippen LogP contribution in [0.15, 0.2) is 36.4 Å². The maximum Gasteiger partial charge on any atom is 0.164 e. The van der Waals surface area contributed by atoms with Crippen LogP contribution in [-0.4, -0.2) is 38.7 Å². The minimum Gasteiger partial charge on any atom is -0.504 e. The van der Waals surface area contributed by atoms with Crippen molar-refractivity contribution in [1.82, 2.24) is 0 Å². The van der Waals surface area contributed by atoms with E-state index in [1.54, 1.807) is 38.5 Å². The summed E-state index contributed by atoms with van der Waals surface area (Å²) in [5.74, 6) is 2.41. The highest BCUT2D eigenvalue weighted by Crippen LogP contribution is 2.30. The fraction of sp³-hybridized carbons (Fsp3) is 0.250. The summed E-state index contributed by atoms with van der Waals surface area (Å²) in [6, 6.07) is 9.62. The van der Waals surface area contributed by atoms with Crippen molar-refractivity contribution in [2.45, 2.75) is 0 Å². The van der Waals surface area contributed by atoms with Gasteiger partial charge in [-0.3, -0.25) is 0 Å². The lowest BCUT2D eigenvalue weighted by Crippen LogP contribution is -1.86. The minimum atomic E-state index is 0.119. The van der Waals surface area contributed by atoms with E-state index in [-0.39, 0.29) is 11.5 Å². The van der Waals surface area contributed by atoms with Crippen LogP contribution in [-0.2, 0) is 0 Å². The van der Waals surface area contributed by atoms with Gasteiger partial charge in [0.25, 0.3) is 0 Å². The Morgan fingerprint density at radius 2 is 0.955 bits per heavy atom. The Hall–Kier alpha value is -2.76. The van der Waals surface area contributed by atoms with Gasteiger partial charge >= 0.3 is 0 Å². The molecular formula is C16H20O6. The zero-order chi connectivity index (χ0) is 16.5. The molecule has 0 spiro atoms. The number of hydrogen-bond acceptors (Lipinski definition) is 6. The highest BCUT2D eigenvalue weighted by molar-refractivity contribution is 5.45. The molecule has 120 valence electrons. The van der Waals surface area contributed by atoms with Gasteiger partial charge in [0, 0.05) is 12.1 Å². The molecule has 0 saturated heterocycles.